The summed E-state index contributed by atoms with van der Waals surface area (Å²) in [6.45, 7) is 3.31. The summed E-state index contributed by atoms with van der Waals surface area (Å²) in [5, 5.41) is 13.9. The summed E-state index contributed by atoms with van der Waals surface area (Å²) in [6.07, 6.45) is 0.614. The van der Waals surface area contributed by atoms with Gasteiger partial charge in [-0.15, -0.1) is 11.3 Å². The highest BCUT2D eigenvalue weighted by Gasteiger charge is 2.21. The van der Waals surface area contributed by atoms with Gasteiger partial charge in [-0.3, -0.25) is 19.7 Å². The number of nitro benzene ring substituents is 1. The number of carbonyl (C=O) groups is 2. The van der Waals surface area contributed by atoms with E-state index in [9.17, 15) is 19.7 Å². The van der Waals surface area contributed by atoms with Crippen LogP contribution in [0.5, 0.6) is 5.75 Å². The van der Waals surface area contributed by atoms with Gasteiger partial charge in [-0.25, -0.2) is 0 Å². The number of hydrogen-bond donors (Lipinski definition) is 2. The van der Waals surface area contributed by atoms with Crippen LogP contribution in [-0.2, 0) is 11.2 Å². The highest BCUT2D eigenvalue weighted by Crippen LogP contribution is 2.33. The van der Waals surface area contributed by atoms with E-state index in [4.69, 9.17) is 10.5 Å². The van der Waals surface area contributed by atoms with E-state index in [1.807, 2.05) is 13.8 Å². The summed E-state index contributed by atoms with van der Waals surface area (Å²) in [5.74, 6) is -1.16. The fourth-order valence-corrected chi connectivity index (χ4v) is 3.56. The van der Waals surface area contributed by atoms with Gasteiger partial charge in [-0.05, 0) is 25.0 Å². The van der Waals surface area contributed by atoms with E-state index in [0.29, 0.717) is 17.0 Å². The molecule has 2 rings (SSSR count). The summed E-state index contributed by atoms with van der Waals surface area (Å²) < 4.78 is 5.23. The number of nitrogens with zero attached hydrogens (tertiary/aromatic N) is 1. The normalized spacial score (nSPS) is 10.3. The number of aryl methyl sites for hydroxylation is 1. The Hall–Kier alpha value is -2.94. The minimum Gasteiger partial charge on any atom is -0.477 e. The largest absolute Gasteiger partial charge is 0.477 e. The van der Waals surface area contributed by atoms with Gasteiger partial charge in [0.15, 0.2) is 12.4 Å². The third kappa shape index (κ3) is 4.13. The fourth-order valence-electron chi connectivity index (χ4n) is 2.39. The number of para-hydroxylation sites is 2. The Kier molecular flexibility index (Phi) is 5.71. The van der Waals surface area contributed by atoms with Gasteiger partial charge in [0.05, 0.1) is 10.5 Å². The third-order valence-electron chi connectivity index (χ3n) is 3.48. The number of hydrogen-bond acceptors (Lipinski definition) is 6. The van der Waals surface area contributed by atoms with Crippen molar-refractivity contribution in [3.05, 3.63) is 50.4 Å². The monoisotopic (exact) mass is 363 g/mol. The molecule has 0 saturated heterocycles. The number of carbonyl (C=O) groups excluding carboxylic acids is 2. The zero-order valence-corrected chi connectivity index (χ0v) is 14.5. The molecule has 1 aromatic heterocycles. The van der Waals surface area contributed by atoms with Gasteiger partial charge in [0, 0.05) is 10.9 Å². The average molecular weight is 363 g/mol. The number of amides is 2. The highest BCUT2D eigenvalue weighted by molar-refractivity contribution is 7.16. The molecule has 0 aliphatic carbocycles. The maximum atomic E-state index is 12.1. The Labute approximate surface area is 147 Å². The lowest BCUT2D eigenvalue weighted by atomic mass is 10.1. The Morgan fingerprint density at radius 1 is 1.36 bits per heavy atom. The van der Waals surface area contributed by atoms with Crippen molar-refractivity contribution in [3.8, 4) is 5.75 Å². The second kappa shape index (κ2) is 7.75. The number of nitro groups is 1. The molecule has 2 amide bonds. The molecule has 3 N–H and O–H groups in total. The summed E-state index contributed by atoms with van der Waals surface area (Å²) in [6, 6.07) is 5.77. The lowest BCUT2D eigenvalue weighted by molar-refractivity contribution is -0.385. The van der Waals surface area contributed by atoms with Gasteiger partial charge >= 0.3 is 5.69 Å². The van der Waals surface area contributed by atoms with Crippen LogP contribution in [0.4, 0.5) is 10.7 Å². The van der Waals surface area contributed by atoms with E-state index in [0.717, 1.165) is 10.4 Å². The number of benzene rings is 1. The van der Waals surface area contributed by atoms with Crippen LogP contribution in [0, 0.1) is 17.0 Å². The molecule has 1 aromatic carbocycles. The molecule has 0 spiro atoms. The van der Waals surface area contributed by atoms with Crippen molar-refractivity contribution in [2.75, 3.05) is 11.9 Å². The van der Waals surface area contributed by atoms with Crippen LogP contribution in [0.15, 0.2) is 24.3 Å². The van der Waals surface area contributed by atoms with Crippen molar-refractivity contribution in [2.24, 2.45) is 5.73 Å². The Morgan fingerprint density at radius 3 is 2.64 bits per heavy atom. The van der Waals surface area contributed by atoms with Crippen LogP contribution >= 0.6 is 11.3 Å². The highest BCUT2D eigenvalue weighted by atomic mass is 32.1. The molecular weight excluding hydrogens is 346 g/mol. The second-order valence-electron chi connectivity index (χ2n) is 5.12. The maximum absolute atomic E-state index is 12.1. The van der Waals surface area contributed by atoms with Gasteiger partial charge in [0.2, 0.25) is 0 Å². The van der Waals surface area contributed by atoms with E-state index in [1.165, 1.54) is 29.5 Å². The van der Waals surface area contributed by atoms with Gasteiger partial charge in [-0.1, -0.05) is 19.1 Å². The molecule has 0 aliphatic heterocycles. The predicted molar refractivity (Wildman–Crippen MR) is 94.2 cm³/mol. The Balaban J connectivity index is 2.12. The van der Waals surface area contributed by atoms with Crippen LogP contribution in [0.1, 0.15) is 27.7 Å². The van der Waals surface area contributed by atoms with Gasteiger partial charge in [0.25, 0.3) is 11.8 Å². The zero-order chi connectivity index (χ0) is 18.6. The molecule has 2 aromatic rings. The van der Waals surface area contributed by atoms with Crippen LogP contribution < -0.4 is 15.8 Å². The number of nitrogens with two attached hydrogens (primary N) is 1. The molecule has 0 bridgehead atoms. The molecule has 0 unspecified atom stereocenters. The van der Waals surface area contributed by atoms with Crippen molar-refractivity contribution in [2.45, 2.75) is 20.3 Å². The van der Waals surface area contributed by atoms with Gasteiger partial charge < -0.3 is 15.8 Å². The number of primary amides is 1. The summed E-state index contributed by atoms with van der Waals surface area (Å²) in [7, 11) is 0. The van der Waals surface area contributed by atoms with Crippen LogP contribution in [0.3, 0.4) is 0 Å². The summed E-state index contributed by atoms with van der Waals surface area (Å²) in [5.41, 5.74) is 6.27. The minimum absolute atomic E-state index is 0.00520. The van der Waals surface area contributed by atoms with E-state index >= 15 is 0 Å². The van der Waals surface area contributed by atoms with E-state index < -0.39 is 23.3 Å². The topological polar surface area (TPSA) is 125 Å². The number of rotatable bonds is 7. The van der Waals surface area contributed by atoms with Gasteiger partial charge in [0.1, 0.15) is 5.00 Å². The molecule has 1 heterocycles. The first kappa shape index (κ1) is 18.4. The standard InChI is InChI=1S/C16H17N3O5S/c1-3-10-9(2)25-16(14(10)15(17)21)18-13(20)8-24-12-7-5-4-6-11(12)19(22)23/h4-7H,3,8H2,1-2H3,(H2,17,21)(H,18,20). The molecule has 0 saturated carbocycles. The Bertz CT molecular complexity index is 831. The lowest BCUT2D eigenvalue weighted by Crippen LogP contribution is -2.22. The van der Waals surface area contributed by atoms with Crippen molar-refractivity contribution >= 4 is 33.8 Å². The quantitative estimate of drug-likeness (QED) is 0.578. The molecule has 9 heteroatoms. The molecular formula is C16H17N3O5S. The molecule has 0 radical (unpaired) electrons. The third-order valence-corrected chi connectivity index (χ3v) is 4.55. The second-order valence-corrected chi connectivity index (χ2v) is 6.35. The maximum Gasteiger partial charge on any atom is 0.310 e. The first-order chi connectivity index (χ1) is 11.8. The van der Waals surface area contributed by atoms with Crippen molar-refractivity contribution in [3.63, 3.8) is 0 Å². The van der Waals surface area contributed by atoms with E-state index in [-0.39, 0.29) is 11.4 Å². The van der Waals surface area contributed by atoms with Crippen LogP contribution in [0.25, 0.3) is 0 Å². The molecule has 0 atom stereocenters. The molecule has 132 valence electrons. The lowest BCUT2D eigenvalue weighted by Gasteiger charge is -2.08. The molecule has 0 fully saturated rings. The minimum atomic E-state index is -0.615. The molecule has 0 aliphatic rings. The van der Waals surface area contributed by atoms with Gasteiger partial charge in [-0.2, -0.15) is 0 Å². The first-order valence-electron chi connectivity index (χ1n) is 7.43. The van der Waals surface area contributed by atoms with Crippen molar-refractivity contribution in [1.82, 2.24) is 0 Å². The van der Waals surface area contributed by atoms with E-state index in [1.54, 1.807) is 6.07 Å². The molecule has 25 heavy (non-hydrogen) atoms. The van der Waals surface area contributed by atoms with E-state index in [2.05, 4.69) is 5.32 Å². The fraction of sp³-hybridized carbons (Fsp3) is 0.250. The first-order valence-corrected chi connectivity index (χ1v) is 8.24. The van der Waals surface area contributed by atoms with Crippen molar-refractivity contribution in [1.29, 1.82) is 0 Å². The average Bonchev–Trinajstić information content (AvgIpc) is 2.88. The molecule has 8 nitrogen and oxygen atoms in total. The van der Waals surface area contributed by atoms with Crippen LogP contribution in [-0.4, -0.2) is 23.3 Å². The van der Waals surface area contributed by atoms with Crippen molar-refractivity contribution < 1.29 is 19.2 Å². The number of anilines is 1. The summed E-state index contributed by atoms with van der Waals surface area (Å²) in [4.78, 5) is 35.0. The summed E-state index contributed by atoms with van der Waals surface area (Å²) >= 11 is 1.26. The number of thiophene rings is 1. The number of ether oxygens (including phenoxy) is 1. The smallest absolute Gasteiger partial charge is 0.310 e. The predicted octanol–water partition coefficient (Wildman–Crippen LogP) is 2.64. The Morgan fingerprint density at radius 2 is 2.04 bits per heavy atom. The van der Waals surface area contributed by atoms with Crippen LogP contribution in [0.2, 0.25) is 0 Å². The number of nitrogens with one attached hydrogen (secondary N) is 1. The SMILES string of the molecule is CCc1c(C)sc(NC(=O)COc2ccccc2[N+](=O)[O-])c1C(N)=O. The zero-order valence-electron chi connectivity index (χ0n) is 13.7.